The molecule has 0 aromatic heterocycles. The highest BCUT2D eigenvalue weighted by Gasteiger charge is 2.02. The van der Waals surface area contributed by atoms with Gasteiger partial charge in [-0.1, -0.05) is 42.5 Å². The number of hydrogen-bond donors (Lipinski definition) is 0. The van der Waals surface area contributed by atoms with E-state index in [1.807, 2.05) is 18.2 Å². The third kappa shape index (κ3) is 2.64. The van der Waals surface area contributed by atoms with Crippen molar-refractivity contribution in [3.8, 4) is 0 Å². The van der Waals surface area contributed by atoms with Crippen LogP contribution >= 0.6 is 0 Å². The molecule has 0 unspecified atom stereocenters. The molecule has 0 saturated carbocycles. The van der Waals surface area contributed by atoms with Gasteiger partial charge in [0.05, 0.1) is 0 Å². The summed E-state index contributed by atoms with van der Waals surface area (Å²) < 4.78 is 10.1. The van der Waals surface area contributed by atoms with Crippen molar-refractivity contribution in [2.45, 2.75) is 0 Å². The van der Waals surface area contributed by atoms with Gasteiger partial charge < -0.3 is 8.23 Å². The topological polar surface area (TPSA) is 18.5 Å². The fraction of sp³-hybridized carbons (Fsp3) is 0. The number of benzene rings is 2. The van der Waals surface area contributed by atoms with Crippen LogP contribution in [0.25, 0.3) is 10.8 Å². The van der Waals surface area contributed by atoms with E-state index >= 15 is 0 Å². The maximum absolute atomic E-state index is 5.36. The molecular weight excluding hydrogens is 236 g/mol. The lowest BCUT2D eigenvalue weighted by Crippen LogP contribution is -2.21. The number of hydrogen-bond acceptors (Lipinski definition) is 2. The minimum atomic E-state index is 0.0375. The van der Waals surface area contributed by atoms with Gasteiger partial charge in [0.15, 0.2) is 0 Å². The molecule has 0 bridgehead atoms. The van der Waals surface area contributed by atoms with E-state index in [1.54, 1.807) is 0 Å². The summed E-state index contributed by atoms with van der Waals surface area (Å²) in [5.41, 5.74) is 0. The van der Waals surface area contributed by atoms with Crippen LogP contribution in [0.4, 0.5) is 0 Å². The summed E-state index contributed by atoms with van der Waals surface area (Å²) in [5, 5.41) is 3.70. The van der Waals surface area contributed by atoms with Crippen molar-refractivity contribution < 1.29 is 8.23 Å². The molecule has 7 radical (unpaired) electrons. The van der Waals surface area contributed by atoms with Crippen LogP contribution in [0.3, 0.4) is 0 Å². The van der Waals surface area contributed by atoms with Crippen LogP contribution in [0.5, 0.6) is 0 Å². The van der Waals surface area contributed by atoms with Gasteiger partial charge in [-0.15, -0.1) is 0 Å². The normalized spacial score (nSPS) is 10.7. The first-order valence-corrected chi connectivity index (χ1v) is 6.52. The van der Waals surface area contributed by atoms with E-state index in [0.29, 0.717) is 9.76 Å². The van der Waals surface area contributed by atoms with Crippen molar-refractivity contribution in [3.63, 3.8) is 0 Å². The van der Waals surface area contributed by atoms with Gasteiger partial charge in [0.1, 0.15) is 0 Å². The molecular formula is C10H7O2Si3. The molecule has 0 heterocycles. The van der Waals surface area contributed by atoms with Gasteiger partial charge in [0.2, 0.25) is 10.5 Å². The van der Waals surface area contributed by atoms with Gasteiger partial charge in [0.25, 0.3) is 9.76 Å². The first-order valence-electron chi connectivity index (χ1n) is 4.39. The fourth-order valence-corrected chi connectivity index (χ4v) is 3.06. The summed E-state index contributed by atoms with van der Waals surface area (Å²) in [5.74, 6) is 0. The summed E-state index contributed by atoms with van der Waals surface area (Å²) in [4.78, 5) is 0. The summed E-state index contributed by atoms with van der Waals surface area (Å²) in [6.07, 6.45) is 0. The lowest BCUT2D eigenvalue weighted by atomic mass is 10.1. The van der Waals surface area contributed by atoms with E-state index in [-0.39, 0.29) is 10.0 Å². The molecule has 71 valence electrons. The van der Waals surface area contributed by atoms with Crippen LogP contribution in [0, 0.1) is 0 Å². The van der Waals surface area contributed by atoms with Crippen molar-refractivity contribution >= 4 is 46.2 Å². The largest absolute Gasteiger partial charge is 0.435 e. The number of rotatable bonds is 4. The van der Waals surface area contributed by atoms with Crippen LogP contribution in [-0.4, -0.2) is 30.3 Å². The Balaban J connectivity index is 2.26. The van der Waals surface area contributed by atoms with E-state index in [1.165, 1.54) is 16.0 Å². The zero-order valence-electron chi connectivity index (χ0n) is 7.86. The van der Waals surface area contributed by atoms with Crippen molar-refractivity contribution in [2.24, 2.45) is 0 Å². The SMILES string of the molecule is [Si]O[Si]O[Si]c1cccc2ccccc12. The summed E-state index contributed by atoms with van der Waals surface area (Å²) in [6, 6.07) is 14.5. The van der Waals surface area contributed by atoms with Crippen LogP contribution in [0.2, 0.25) is 0 Å². The first-order chi connectivity index (χ1) is 7.42. The maximum Gasteiger partial charge on any atom is 0.409 e. The molecule has 0 aliphatic heterocycles. The minimum Gasteiger partial charge on any atom is -0.435 e. The standard InChI is InChI=1S/C10H7O2Si3/c13-11-15-12-14-10-7-3-5-8-4-1-2-6-9(8)10/h1-7H. The fourth-order valence-electron chi connectivity index (χ4n) is 1.41. The van der Waals surface area contributed by atoms with Crippen LogP contribution in [0.1, 0.15) is 0 Å². The number of fused-ring (bicyclic) bond motifs is 1. The van der Waals surface area contributed by atoms with E-state index in [2.05, 4.69) is 34.8 Å². The second-order valence-corrected chi connectivity index (χ2v) is 5.46. The molecule has 5 heteroatoms. The van der Waals surface area contributed by atoms with Gasteiger partial charge in [-0.2, -0.15) is 0 Å². The highest BCUT2D eigenvalue weighted by Crippen LogP contribution is 2.09. The molecule has 0 aliphatic carbocycles. The van der Waals surface area contributed by atoms with E-state index in [4.69, 9.17) is 8.23 Å². The van der Waals surface area contributed by atoms with Crippen molar-refractivity contribution in [2.75, 3.05) is 0 Å². The summed E-state index contributed by atoms with van der Waals surface area (Å²) >= 11 is 0. The molecule has 0 N–H and O–H groups in total. The Morgan fingerprint density at radius 1 is 1.00 bits per heavy atom. The Morgan fingerprint density at radius 3 is 2.67 bits per heavy atom. The van der Waals surface area contributed by atoms with E-state index in [9.17, 15) is 0 Å². The molecule has 2 aromatic carbocycles. The van der Waals surface area contributed by atoms with E-state index in [0.717, 1.165) is 0 Å². The smallest absolute Gasteiger partial charge is 0.409 e. The predicted octanol–water partition coefficient (Wildman–Crippen LogP) is 0.735. The molecule has 0 saturated heterocycles. The molecule has 0 amide bonds. The second-order valence-electron chi connectivity index (χ2n) is 2.92. The molecule has 2 rings (SSSR count). The van der Waals surface area contributed by atoms with Crippen molar-refractivity contribution in [1.29, 1.82) is 0 Å². The molecule has 0 spiro atoms. The maximum atomic E-state index is 5.36. The second kappa shape index (κ2) is 5.38. The predicted molar refractivity (Wildman–Crippen MR) is 63.0 cm³/mol. The van der Waals surface area contributed by atoms with Crippen LogP contribution in [-0.2, 0) is 8.23 Å². The van der Waals surface area contributed by atoms with Crippen LogP contribution in [0.15, 0.2) is 42.5 Å². The van der Waals surface area contributed by atoms with Crippen molar-refractivity contribution in [1.82, 2.24) is 0 Å². The molecule has 15 heavy (non-hydrogen) atoms. The monoisotopic (exact) mass is 243 g/mol. The van der Waals surface area contributed by atoms with Gasteiger partial charge >= 0.3 is 10.0 Å². The third-order valence-electron chi connectivity index (χ3n) is 2.03. The Bertz CT molecular complexity index is 442. The van der Waals surface area contributed by atoms with Crippen molar-refractivity contribution in [3.05, 3.63) is 42.5 Å². The van der Waals surface area contributed by atoms with Gasteiger partial charge in [0, 0.05) is 0 Å². The molecule has 0 fully saturated rings. The lowest BCUT2D eigenvalue weighted by molar-refractivity contribution is 0.508. The van der Waals surface area contributed by atoms with Crippen LogP contribution < -0.4 is 5.19 Å². The Morgan fingerprint density at radius 2 is 1.80 bits per heavy atom. The Kier molecular flexibility index (Phi) is 3.87. The molecule has 0 aliphatic rings. The van der Waals surface area contributed by atoms with Gasteiger partial charge in [-0.25, -0.2) is 0 Å². The summed E-state index contributed by atoms with van der Waals surface area (Å²) in [6.45, 7) is 0. The Hall–Kier alpha value is -0.729. The van der Waals surface area contributed by atoms with Gasteiger partial charge in [-0.05, 0) is 16.0 Å². The average Bonchev–Trinajstić information content (AvgIpc) is 2.30. The zero-order chi connectivity index (χ0) is 10.5. The first kappa shape index (κ1) is 10.8. The highest BCUT2D eigenvalue weighted by molar-refractivity contribution is 6.56. The molecule has 2 aromatic rings. The minimum absolute atomic E-state index is 0.0375. The molecule has 0 atom stereocenters. The quantitative estimate of drug-likeness (QED) is 0.582. The highest BCUT2D eigenvalue weighted by atomic mass is 28.3. The average molecular weight is 243 g/mol. The molecule has 2 nitrogen and oxygen atoms in total. The Labute approximate surface area is 97.2 Å². The van der Waals surface area contributed by atoms with E-state index < -0.39 is 0 Å². The summed E-state index contributed by atoms with van der Waals surface area (Å²) in [7, 11) is 3.27. The van der Waals surface area contributed by atoms with Gasteiger partial charge in [-0.3, -0.25) is 0 Å². The zero-order valence-corrected chi connectivity index (χ0v) is 10.9. The third-order valence-corrected chi connectivity index (χ3v) is 3.76. The lowest BCUT2D eigenvalue weighted by Gasteiger charge is -2.04.